The van der Waals surface area contributed by atoms with Crippen LogP contribution in [0.15, 0.2) is 42.7 Å². The van der Waals surface area contributed by atoms with Gasteiger partial charge in [-0.1, -0.05) is 30.7 Å². The maximum absolute atomic E-state index is 10.8. The molecule has 2 rings (SSSR count). The van der Waals surface area contributed by atoms with Crippen LogP contribution in [-0.2, 0) is 5.60 Å². The summed E-state index contributed by atoms with van der Waals surface area (Å²) in [6.45, 7) is 4.39. The van der Waals surface area contributed by atoms with Gasteiger partial charge in [-0.15, -0.1) is 0 Å². The van der Waals surface area contributed by atoms with Crippen molar-refractivity contribution in [3.63, 3.8) is 0 Å². The fourth-order valence-electron chi connectivity index (χ4n) is 1.94. The summed E-state index contributed by atoms with van der Waals surface area (Å²) in [5, 5.41) is 11.4. The third kappa shape index (κ3) is 3.30. The topological polar surface area (TPSA) is 42.4 Å². The Morgan fingerprint density at radius 1 is 1.25 bits per heavy atom. The molecule has 2 aromatic rings. The minimum Gasteiger partial charge on any atom is -0.492 e. The number of aromatic nitrogens is 1. The fraction of sp³-hybridized carbons (Fsp3) is 0.312. The van der Waals surface area contributed by atoms with Crippen molar-refractivity contribution in [1.82, 2.24) is 4.98 Å². The van der Waals surface area contributed by atoms with E-state index in [1.54, 1.807) is 31.5 Å². The molecular weight excluding hydrogens is 274 g/mol. The van der Waals surface area contributed by atoms with Crippen LogP contribution in [0.4, 0.5) is 0 Å². The molecule has 0 spiro atoms. The number of halogens is 1. The molecule has 106 valence electrons. The van der Waals surface area contributed by atoms with Crippen LogP contribution >= 0.6 is 11.6 Å². The zero-order valence-electron chi connectivity index (χ0n) is 11.6. The van der Waals surface area contributed by atoms with Crippen molar-refractivity contribution in [3.8, 4) is 5.75 Å². The number of ether oxygens (including phenoxy) is 1. The van der Waals surface area contributed by atoms with Crippen LogP contribution < -0.4 is 4.74 Å². The minimum absolute atomic E-state index is 0.592. The molecule has 1 N–H and O–H groups in total. The summed E-state index contributed by atoms with van der Waals surface area (Å²) in [7, 11) is 0. The normalized spacial score (nSPS) is 13.8. The van der Waals surface area contributed by atoms with Gasteiger partial charge in [0, 0.05) is 16.8 Å². The predicted octanol–water partition coefficient (Wildman–Crippen LogP) is 3.78. The van der Waals surface area contributed by atoms with Crippen molar-refractivity contribution in [3.05, 3.63) is 58.9 Å². The Kier molecular flexibility index (Phi) is 4.63. The largest absolute Gasteiger partial charge is 0.492 e. The van der Waals surface area contributed by atoms with Crippen LogP contribution in [0.1, 0.15) is 31.4 Å². The van der Waals surface area contributed by atoms with Gasteiger partial charge in [-0.05, 0) is 37.1 Å². The summed E-state index contributed by atoms with van der Waals surface area (Å²) < 4.78 is 5.55. The van der Waals surface area contributed by atoms with Crippen molar-refractivity contribution in [2.75, 3.05) is 6.61 Å². The Morgan fingerprint density at radius 3 is 2.75 bits per heavy atom. The quantitative estimate of drug-likeness (QED) is 0.911. The maximum atomic E-state index is 10.8. The molecule has 1 aromatic heterocycles. The summed E-state index contributed by atoms with van der Waals surface area (Å²) in [5.41, 5.74) is 0.233. The van der Waals surface area contributed by atoms with Gasteiger partial charge in [0.2, 0.25) is 0 Å². The minimum atomic E-state index is -1.16. The van der Waals surface area contributed by atoms with Crippen LogP contribution in [0.3, 0.4) is 0 Å². The van der Waals surface area contributed by atoms with E-state index >= 15 is 0 Å². The monoisotopic (exact) mass is 291 g/mol. The molecular formula is C16H18ClNO2. The number of benzene rings is 1. The van der Waals surface area contributed by atoms with Crippen molar-refractivity contribution in [2.24, 2.45) is 0 Å². The van der Waals surface area contributed by atoms with Crippen LogP contribution in [0.25, 0.3) is 0 Å². The van der Waals surface area contributed by atoms with Crippen LogP contribution in [0.2, 0.25) is 5.02 Å². The molecule has 0 saturated heterocycles. The highest BCUT2D eigenvalue weighted by Gasteiger charge is 2.26. The number of rotatable bonds is 5. The van der Waals surface area contributed by atoms with Gasteiger partial charge in [-0.3, -0.25) is 4.98 Å². The van der Waals surface area contributed by atoms with Gasteiger partial charge in [-0.2, -0.15) is 0 Å². The average Bonchev–Trinajstić information content (AvgIpc) is 2.45. The maximum Gasteiger partial charge on any atom is 0.137 e. The first kappa shape index (κ1) is 14.8. The molecule has 0 fully saturated rings. The van der Waals surface area contributed by atoms with E-state index in [9.17, 15) is 5.11 Å². The molecule has 0 aliphatic carbocycles. The van der Waals surface area contributed by atoms with Crippen molar-refractivity contribution < 1.29 is 9.84 Å². The van der Waals surface area contributed by atoms with E-state index in [0.29, 0.717) is 22.9 Å². The van der Waals surface area contributed by atoms with Crippen LogP contribution in [0, 0.1) is 0 Å². The third-order valence-corrected chi connectivity index (χ3v) is 3.37. The smallest absolute Gasteiger partial charge is 0.137 e. The molecule has 0 radical (unpaired) electrons. The van der Waals surface area contributed by atoms with E-state index in [4.69, 9.17) is 16.3 Å². The number of hydrogen-bond donors (Lipinski definition) is 1. The summed E-state index contributed by atoms with van der Waals surface area (Å²) in [6, 6.07) is 8.99. The second-order valence-corrected chi connectivity index (χ2v) is 5.28. The van der Waals surface area contributed by atoms with Gasteiger partial charge in [0.25, 0.3) is 0 Å². The number of pyridine rings is 1. The Labute approximate surface area is 124 Å². The lowest BCUT2D eigenvalue weighted by Crippen LogP contribution is -2.23. The van der Waals surface area contributed by atoms with Crippen molar-refractivity contribution in [2.45, 2.75) is 25.9 Å². The van der Waals surface area contributed by atoms with Gasteiger partial charge in [0.05, 0.1) is 12.8 Å². The molecule has 0 bridgehead atoms. The Bertz CT molecular complexity index is 584. The molecule has 1 aromatic carbocycles. The number of nitrogens with zero attached hydrogens (tertiary/aromatic N) is 1. The molecule has 1 atom stereocenters. The molecule has 0 amide bonds. The third-order valence-electron chi connectivity index (χ3n) is 3.13. The fourth-order valence-corrected chi connectivity index (χ4v) is 2.13. The summed E-state index contributed by atoms with van der Waals surface area (Å²) >= 11 is 5.99. The SMILES string of the molecule is CCCOc1cncc(C(C)(O)c2cccc(Cl)c2)c1. The Hall–Kier alpha value is -1.58. The van der Waals surface area contributed by atoms with E-state index in [-0.39, 0.29) is 0 Å². The lowest BCUT2D eigenvalue weighted by molar-refractivity contribution is 0.101. The van der Waals surface area contributed by atoms with E-state index in [1.165, 1.54) is 0 Å². The first-order valence-electron chi connectivity index (χ1n) is 6.60. The molecule has 0 aliphatic heterocycles. The van der Waals surface area contributed by atoms with E-state index in [0.717, 1.165) is 12.0 Å². The second kappa shape index (κ2) is 6.25. The van der Waals surface area contributed by atoms with Gasteiger partial charge >= 0.3 is 0 Å². The molecule has 3 nitrogen and oxygen atoms in total. The lowest BCUT2D eigenvalue weighted by Gasteiger charge is -2.24. The lowest BCUT2D eigenvalue weighted by atomic mass is 9.89. The van der Waals surface area contributed by atoms with Crippen LogP contribution in [-0.4, -0.2) is 16.7 Å². The zero-order valence-corrected chi connectivity index (χ0v) is 12.4. The first-order chi connectivity index (χ1) is 9.54. The number of hydrogen-bond acceptors (Lipinski definition) is 3. The van der Waals surface area contributed by atoms with Crippen LogP contribution in [0.5, 0.6) is 5.75 Å². The average molecular weight is 292 g/mol. The Morgan fingerprint density at radius 2 is 2.05 bits per heavy atom. The Balaban J connectivity index is 2.33. The summed E-state index contributed by atoms with van der Waals surface area (Å²) in [5.74, 6) is 0.659. The zero-order chi connectivity index (χ0) is 14.6. The van der Waals surface area contributed by atoms with Crippen molar-refractivity contribution >= 4 is 11.6 Å². The molecule has 20 heavy (non-hydrogen) atoms. The van der Waals surface area contributed by atoms with Gasteiger partial charge < -0.3 is 9.84 Å². The highest BCUT2D eigenvalue weighted by atomic mass is 35.5. The first-order valence-corrected chi connectivity index (χ1v) is 6.98. The highest BCUT2D eigenvalue weighted by molar-refractivity contribution is 6.30. The van der Waals surface area contributed by atoms with Crippen molar-refractivity contribution in [1.29, 1.82) is 0 Å². The number of aliphatic hydroxyl groups is 1. The standard InChI is InChI=1S/C16H18ClNO2/c1-3-7-20-15-9-13(10-18-11-15)16(2,19)12-5-4-6-14(17)8-12/h4-6,8-11,19H,3,7H2,1-2H3. The van der Waals surface area contributed by atoms with E-state index < -0.39 is 5.60 Å². The molecule has 4 heteroatoms. The predicted molar refractivity (Wildman–Crippen MR) is 80.1 cm³/mol. The highest BCUT2D eigenvalue weighted by Crippen LogP contribution is 2.31. The summed E-state index contributed by atoms with van der Waals surface area (Å²) in [4.78, 5) is 4.13. The van der Waals surface area contributed by atoms with Gasteiger partial charge in [-0.25, -0.2) is 0 Å². The van der Waals surface area contributed by atoms with Gasteiger partial charge in [0.15, 0.2) is 0 Å². The molecule has 0 saturated carbocycles. The molecule has 0 aliphatic rings. The molecule has 1 unspecified atom stereocenters. The summed E-state index contributed by atoms with van der Waals surface area (Å²) in [6.07, 6.45) is 4.21. The van der Waals surface area contributed by atoms with E-state index in [1.807, 2.05) is 25.1 Å². The molecule has 1 heterocycles. The second-order valence-electron chi connectivity index (χ2n) is 4.84. The van der Waals surface area contributed by atoms with Gasteiger partial charge in [0.1, 0.15) is 11.4 Å². The van der Waals surface area contributed by atoms with E-state index in [2.05, 4.69) is 4.98 Å².